The minimum Gasteiger partial charge on any atom is -0.481 e. The number of urea groups is 1. The summed E-state index contributed by atoms with van der Waals surface area (Å²) in [5.74, 6) is 1.43. The molecular formula is C13H25N3O3S. The third-order valence-electron chi connectivity index (χ3n) is 3.21. The number of carbonyl (C=O) groups is 2. The monoisotopic (exact) mass is 303 g/mol. The lowest BCUT2D eigenvalue weighted by atomic mass is 10.1. The largest absolute Gasteiger partial charge is 0.481 e. The molecule has 0 aromatic carbocycles. The van der Waals surface area contributed by atoms with Gasteiger partial charge in [-0.15, -0.1) is 0 Å². The van der Waals surface area contributed by atoms with Crippen molar-refractivity contribution in [2.45, 2.75) is 32.2 Å². The third kappa shape index (κ3) is 7.59. The molecule has 1 aliphatic heterocycles. The maximum atomic E-state index is 11.7. The van der Waals surface area contributed by atoms with Crippen molar-refractivity contribution in [1.29, 1.82) is 0 Å². The summed E-state index contributed by atoms with van der Waals surface area (Å²) in [6.45, 7) is 5.58. The van der Waals surface area contributed by atoms with Gasteiger partial charge in [-0.3, -0.25) is 9.69 Å². The van der Waals surface area contributed by atoms with Crippen molar-refractivity contribution in [2.75, 3.05) is 37.7 Å². The molecule has 0 spiro atoms. The van der Waals surface area contributed by atoms with Crippen LogP contribution in [0.3, 0.4) is 0 Å². The molecule has 1 fully saturated rings. The number of nitrogens with one attached hydrogen (secondary N) is 2. The summed E-state index contributed by atoms with van der Waals surface area (Å²) in [6, 6.07) is -0.556. The molecule has 0 aliphatic carbocycles. The van der Waals surface area contributed by atoms with Crippen LogP contribution >= 0.6 is 11.8 Å². The van der Waals surface area contributed by atoms with E-state index in [0.29, 0.717) is 13.0 Å². The van der Waals surface area contributed by atoms with Gasteiger partial charge in [0.1, 0.15) is 0 Å². The van der Waals surface area contributed by atoms with Crippen LogP contribution in [0.5, 0.6) is 0 Å². The molecule has 20 heavy (non-hydrogen) atoms. The molecule has 1 saturated heterocycles. The van der Waals surface area contributed by atoms with Crippen LogP contribution in [0.4, 0.5) is 4.79 Å². The van der Waals surface area contributed by atoms with Gasteiger partial charge in [0, 0.05) is 43.7 Å². The van der Waals surface area contributed by atoms with E-state index in [2.05, 4.69) is 15.5 Å². The number of carbonyl (C=O) groups excluding carboxylic acids is 1. The summed E-state index contributed by atoms with van der Waals surface area (Å²) < 4.78 is 0. The van der Waals surface area contributed by atoms with Crippen molar-refractivity contribution in [2.24, 2.45) is 0 Å². The Hall–Kier alpha value is -0.950. The highest BCUT2D eigenvalue weighted by atomic mass is 32.2. The first kappa shape index (κ1) is 17.1. The van der Waals surface area contributed by atoms with E-state index in [-0.39, 0.29) is 18.5 Å². The topological polar surface area (TPSA) is 81.7 Å². The normalized spacial score (nSPS) is 17.4. The van der Waals surface area contributed by atoms with E-state index < -0.39 is 5.97 Å². The molecule has 6 nitrogen and oxygen atoms in total. The van der Waals surface area contributed by atoms with Gasteiger partial charge >= 0.3 is 12.0 Å². The number of carboxylic acid groups (broad SMARTS) is 1. The fourth-order valence-corrected chi connectivity index (χ4v) is 3.15. The molecule has 0 saturated carbocycles. The Bertz CT molecular complexity index is 309. The molecule has 7 heteroatoms. The van der Waals surface area contributed by atoms with Crippen molar-refractivity contribution in [3.8, 4) is 0 Å². The molecular weight excluding hydrogens is 278 g/mol. The number of aliphatic carboxylic acids is 1. The van der Waals surface area contributed by atoms with E-state index in [4.69, 9.17) is 5.11 Å². The highest BCUT2D eigenvalue weighted by Gasteiger charge is 2.15. The summed E-state index contributed by atoms with van der Waals surface area (Å²) in [5, 5.41) is 14.3. The Morgan fingerprint density at radius 1 is 1.35 bits per heavy atom. The van der Waals surface area contributed by atoms with E-state index in [1.807, 2.05) is 18.7 Å². The summed E-state index contributed by atoms with van der Waals surface area (Å²) in [5.41, 5.74) is 0. The summed E-state index contributed by atoms with van der Waals surface area (Å²) in [4.78, 5) is 24.8. The van der Waals surface area contributed by atoms with Crippen molar-refractivity contribution in [3.63, 3.8) is 0 Å². The maximum Gasteiger partial charge on any atom is 0.315 e. The number of carboxylic acids is 1. The first-order valence-electron chi connectivity index (χ1n) is 7.18. The Balaban J connectivity index is 2.18. The Morgan fingerprint density at radius 3 is 2.65 bits per heavy atom. The molecule has 3 N–H and O–H groups in total. The molecule has 1 heterocycles. The number of hydrogen-bond acceptors (Lipinski definition) is 4. The molecule has 1 unspecified atom stereocenters. The fourth-order valence-electron chi connectivity index (χ4n) is 2.17. The van der Waals surface area contributed by atoms with Crippen molar-refractivity contribution in [1.82, 2.24) is 15.5 Å². The summed E-state index contributed by atoms with van der Waals surface area (Å²) in [6.07, 6.45) is 1.51. The van der Waals surface area contributed by atoms with Crippen LogP contribution in [0.2, 0.25) is 0 Å². The van der Waals surface area contributed by atoms with E-state index in [1.165, 1.54) is 0 Å². The van der Waals surface area contributed by atoms with Crippen LogP contribution in [0, 0.1) is 0 Å². The predicted molar refractivity (Wildman–Crippen MR) is 81.2 cm³/mol. The van der Waals surface area contributed by atoms with Gasteiger partial charge in [-0.2, -0.15) is 11.8 Å². The second-order valence-corrected chi connectivity index (χ2v) is 6.16. The van der Waals surface area contributed by atoms with Gasteiger partial charge in [-0.05, 0) is 6.42 Å². The van der Waals surface area contributed by atoms with Crippen molar-refractivity contribution in [3.05, 3.63) is 0 Å². The zero-order valence-corrected chi connectivity index (χ0v) is 12.9. The quantitative estimate of drug-likeness (QED) is 0.623. The zero-order valence-electron chi connectivity index (χ0n) is 12.1. The second kappa shape index (κ2) is 9.88. The minimum atomic E-state index is -0.880. The van der Waals surface area contributed by atoms with Gasteiger partial charge in [0.25, 0.3) is 0 Å². The van der Waals surface area contributed by atoms with E-state index >= 15 is 0 Å². The third-order valence-corrected chi connectivity index (χ3v) is 4.15. The molecule has 0 aromatic heterocycles. The van der Waals surface area contributed by atoms with Crippen LogP contribution in [-0.2, 0) is 4.79 Å². The van der Waals surface area contributed by atoms with Crippen LogP contribution in [0.25, 0.3) is 0 Å². The Kier molecular flexibility index (Phi) is 8.45. The maximum absolute atomic E-state index is 11.7. The van der Waals surface area contributed by atoms with E-state index in [9.17, 15) is 9.59 Å². The highest BCUT2D eigenvalue weighted by Crippen LogP contribution is 2.07. The number of hydrogen-bond donors (Lipinski definition) is 3. The van der Waals surface area contributed by atoms with Crippen molar-refractivity contribution < 1.29 is 14.7 Å². The van der Waals surface area contributed by atoms with Gasteiger partial charge in [0.2, 0.25) is 0 Å². The lowest BCUT2D eigenvalue weighted by Gasteiger charge is -2.26. The molecule has 0 bridgehead atoms. The van der Waals surface area contributed by atoms with E-state index in [1.54, 1.807) is 0 Å². The van der Waals surface area contributed by atoms with Gasteiger partial charge in [0.05, 0.1) is 6.42 Å². The average Bonchev–Trinajstić information content (AvgIpc) is 2.39. The highest BCUT2D eigenvalue weighted by molar-refractivity contribution is 7.99. The van der Waals surface area contributed by atoms with Gasteiger partial charge in [0.15, 0.2) is 0 Å². The second-order valence-electron chi connectivity index (χ2n) is 4.94. The number of rotatable bonds is 8. The van der Waals surface area contributed by atoms with Crippen LogP contribution in [-0.4, -0.2) is 65.7 Å². The molecule has 1 rings (SSSR count). The van der Waals surface area contributed by atoms with Crippen LogP contribution in [0.15, 0.2) is 0 Å². The Morgan fingerprint density at radius 2 is 2.05 bits per heavy atom. The first-order valence-corrected chi connectivity index (χ1v) is 8.33. The van der Waals surface area contributed by atoms with Crippen molar-refractivity contribution >= 4 is 23.8 Å². The number of thioether (sulfide) groups is 1. The average molecular weight is 303 g/mol. The fraction of sp³-hybridized carbons (Fsp3) is 0.846. The molecule has 2 amide bonds. The summed E-state index contributed by atoms with van der Waals surface area (Å²) in [7, 11) is 0. The van der Waals surface area contributed by atoms with Gasteiger partial charge in [-0.1, -0.05) is 13.3 Å². The van der Waals surface area contributed by atoms with Crippen LogP contribution in [0.1, 0.15) is 26.2 Å². The molecule has 0 radical (unpaired) electrons. The molecule has 116 valence electrons. The Labute approximate surface area is 124 Å². The lowest BCUT2D eigenvalue weighted by Crippen LogP contribution is -2.46. The minimum absolute atomic E-state index is 0.0232. The van der Waals surface area contributed by atoms with E-state index in [0.717, 1.165) is 37.6 Å². The first-order chi connectivity index (χ1) is 9.61. The number of amides is 2. The zero-order chi connectivity index (χ0) is 14.8. The predicted octanol–water partition coefficient (Wildman–Crippen LogP) is 0.978. The molecule has 0 aromatic rings. The van der Waals surface area contributed by atoms with Crippen LogP contribution < -0.4 is 10.6 Å². The van der Waals surface area contributed by atoms with Gasteiger partial charge < -0.3 is 15.7 Å². The SMILES string of the molecule is CCCC(CC(=O)O)NC(=O)NCCN1CCSCC1. The molecule has 1 aliphatic rings. The standard InChI is InChI=1S/C13H25N3O3S/c1-2-3-11(10-12(17)18)15-13(19)14-4-5-16-6-8-20-9-7-16/h11H,2-10H2,1H3,(H,17,18)(H2,14,15,19). The lowest BCUT2D eigenvalue weighted by molar-refractivity contribution is -0.137. The summed E-state index contributed by atoms with van der Waals surface area (Å²) >= 11 is 1.96. The molecule has 1 atom stereocenters. The smallest absolute Gasteiger partial charge is 0.315 e. The van der Waals surface area contributed by atoms with Gasteiger partial charge in [-0.25, -0.2) is 4.79 Å². The number of nitrogens with zero attached hydrogens (tertiary/aromatic N) is 1.